The van der Waals surface area contributed by atoms with E-state index in [9.17, 15) is 0 Å². The number of nitrogens with two attached hydrogens (primary N) is 1. The number of rotatable bonds is 3. The van der Waals surface area contributed by atoms with Gasteiger partial charge in [0.25, 0.3) is 0 Å². The van der Waals surface area contributed by atoms with Crippen LogP contribution in [0, 0.1) is 6.92 Å². The van der Waals surface area contributed by atoms with Gasteiger partial charge in [-0.1, -0.05) is 29.8 Å². The highest BCUT2D eigenvalue weighted by Crippen LogP contribution is 2.23. The molecule has 0 spiro atoms. The summed E-state index contributed by atoms with van der Waals surface area (Å²) in [7, 11) is 1.94. The van der Waals surface area contributed by atoms with Crippen LogP contribution in [-0.4, -0.2) is 16.3 Å². The van der Waals surface area contributed by atoms with Crippen LogP contribution >= 0.6 is 0 Å². The van der Waals surface area contributed by atoms with E-state index in [1.165, 1.54) is 16.7 Å². The Balaban J connectivity index is 2.46. The summed E-state index contributed by atoms with van der Waals surface area (Å²) in [4.78, 5) is 0. The standard InChI is InChI=1S/C13H17N3/c1-10-4-3-5-11(8-10)12-9-16(2)15-13(12)6-7-14/h3-5,8-9H,6-7,14H2,1-2H3. The summed E-state index contributed by atoms with van der Waals surface area (Å²) in [6.45, 7) is 2.73. The fraction of sp³-hybridized carbons (Fsp3) is 0.308. The van der Waals surface area contributed by atoms with Gasteiger partial charge in [-0.15, -0.1) is 0 Å². The Morgan fingerprint density at radius 1 is 1.38 bits per heavy atom. The van der Waals surface area contributed by atoms with Crippen LogP contribution in [-0.2, 0) is 13.5 Å². The van der Waals surface area contributed by atoms with Crippen LogP contribution in [0.5, 0.6) is 0 Å². The first-order chi connectivity index (χ1) is 7.70. The second-order valence-corrected chi connectivity index (χ2v) is 4.07. The number of nitrogens with zero attached hydrogens (tertiary/aromatic N) is 2. The minimum Gasteiger partial charge on any atom is -0.330 e. The Labute approximate surface area is 95.9 Å². The molecular weight excluding hydrogens is 198 g/mol. The molecule has 3 nitrogen and oxygen atoms in total. The van der Waals surface area contributed by atoms with Crippen LogP contribution in [0.4, 0.5) is 0 Å². The number of aryl methyl sites for hydroxylation is 2. The van der Waals surface area contributed by atoms with E-state index in [4.69, 9.17) is 5.73 Å². The fourth-order valence-corrected chi connectivity index (χ4v) is 1.91. The molecule has 1 aromatic heterocycles. The lowest BCUT2D eigenvalue weighted by atomic mass is 10.0. The van der Waals surface area contributed by atoms with Crippen molar-refractivity contribution < 1.29 is 0 Å². The van der Waals surface area contributed by atoms with Crippen molar-refractivity contribution in [1.29, 1.82) is 0 Å². The van der Waals surface area contributed by atoms with E-state index in [1.807, 2.05) is 11.7 Å². The average molecular weight is 215 g/mol. The van der Waals surface area contributed by atoms with Crippen LogP contribution in [0.2, 0.25) is 0 Å². The van der Waals surface area contributed by atoms with Crippen LogP contribution in [0.15, 0.2) is 30.5 Å². The molecule has 0 aliphatic heterocycles. The molecule has 0 radical (unpaired) electrons. The van der Waals surface area contributed by atoms with Gasteiger partial charge >= 0.3 is 0 Å². The highest BCUT2D eigenvalue weighted by atomic mass is 15.2. The molecule has 2 N–H and O–H groups in total. The molecular formula is C13H17N3. The first-order valence-electron chi connectivity index (χ1n) is 5.50. The third-order valence-electron chi connectivity index (χ3n) is 2.62. The maximum Gasteiger partial charge on any atom is 0.0715 e. The SMILES string of the molecule is Cc1cccc(-c2cn(C)nc2CCN)c1. The minimum atomic E-state index is 0.635. The van der Waals surface area contributed by atoms with Crippen molar-refractivity contribution >= 4 is 0 Å². The summed E-state index contributed by atoms with van der Waals surface area (Å²) in [5.74, 6) is 0. The maximum atomic E-state index is 5.60. The van der Waals surface area contributed by atoms with Gasteiger partial charge in [-0.05, 0) is 19.0 Å². The van der Waals surface area contributed by atoms with Crippen molar-refractivity contribution in [3.05, 3.63) is 41.7 Å². The first kappa shape index (κ1) is 10.9. The lowest BCUT2D eigenvalue weighted by molar-refractivity contribution is 0.739. The molecule has 0 fully saturated rings. The quantitative estimate of drug-likeness (QED) is 0.849. The summed E-state index contributed by atoms with van der Waals surface area (Å²) < 4.78 is 1.85. The summed E-state index contributed by atoms with van der Waals surface area (Å²) >= 11 is 0. The molecule has 2 aromatic rings. The summed E-state index contributed by atoms with van der Waals surface area (Å²) in [5, 5.41) is 4.44. The van der Waals surface area contributed by atoms with E-state index in [1.54, 1.807) is 0 Å². The van der Waals surface area contributed by atoms with E-state index < -0.39 is 0 Å². The molecule has 0 bridgehead atoms. The van der Waals surface area contributed by atoms with Crippen molar-refractivity contribution in [2.24, 2.45) is 12.8 Å². The molecule has 2 rings (SSSR count). The van der Waals surface area contributed by atoms with E-state index in [-0.39, 0.29) is 0 Å². The highest BCUT2D eigenvalue weighted by Gasteiger charge is 2.08. The van der Waals surface area contributed by atoms with Crippen LogP contribution in [0.3, 0.4) is 0 Å². The molecule has 1 heterocycles. The largest absolute Gasteiger partial charge is 0.330 e. The lowest BCUT2D eigenvalue weighted by Crippen LogP contribution is -2.04. The third kappa shape index (κ3) is 2.14. The number of hydrogen-bond acceptors (Lipinski definition) is 2. The molecule has 1 aromatic carbocycles. The van der Waals surface area contributed by atoms with E-state index >= 15 is 0 Å². The predicted molar refractivity (Wildman–Crippen MR) is 66.1 cm³/mol. The van der Waals surface area contributed by atoms with Gasteiger partial charge in [-0.2, -0.15) is 5.10 Å². The molecule has 0 aliphatic carbocycles. The van der Waals surface area contributed by atoms with Gasteiger partial charge in [-0.25, -0.2) is 0 Å². The topological polar surface area (TPSA) is 43.8 Å². The zero-order chi connectivity index (χ0) is 11.5. The van der Waals surface area contributed by atoms with Crippen LogP contribution in [0.1, 0.15) is 11.3 Å². The van der Waals surface area contributed by atoms with Crippen molar-refractivity contribution in [3.63, 3.8) is 0 Å². The summed E-state index contributed by atoms with van der Waals surface area (Å²) in [6.07, 6.45) is 2.88. The normalized spacial score (nSPS) is 10.7. The van der Waals surface area contributed by atoms with Crippen LogP contribution < -0.4 is 5.73 Å². The van der Waals surface area contributed by atoms with Crippen molar-refractivity contribution in [2.75, 3.05) is 6.54 Å². The average Bonchev–Trinajstić information content (AvgIpc) is 2.60. The molecule has 0 unspecified atom stereocenters. The third-order valence-corrected chi connectivity index (χ3v) is 2.62. The molecule has 0 saturated heterocycles. The number of aromatic nitrogens is 2. The minimum absolute atomic E-state index is 0.635. The van der Waals surface area contributed by atoms with Crippen molar-refractivity contribution in [1.82, 2.24) is 9.78 Å². The van der Waals surface area contributed by atoms with Gasteiger partial charge in [0.05, 0.1) is 5.69 Å². The fourth-order valence-electron chi connectivity index (χ4n) is 1.91. The Morgan fingerprint density at radius 3 is 2.88 bits per heavy atom. The molecule has 3 heteroatoms. The second-order valence-electron chi connectivity index (χ2n) is 4.07. The van der Waals surface area contributed by atoms with E-state index in [0.717, 1.165) is 12.1 Å². The maximum absolute atomic E-state index is 5.60. The van der Waals surface area contributed by atoms with E-state index in [2.05, 4.69) is 42.5 Å². The van der Waals surface area contributed by atoms with Crippen molar-refractivity contribution in [3.8, 4) is 11.1 Å². The molecule has 84 valence electrons. The zero-order valence-electron chi connectivity index (χ0n) is 9.77. The van der Waals surface area contributed by atoms with E-state index in [0.29, 0.717) is 6.54 Å². The molecule has 0 atom stereocenters. The number of benzene rings is 1. The predicted octanol–water partition coefficient (Wildman–Crippen LogP) is 1.90. The van der Waals surface area contributed by atoms with Gasteiger partial charge in [0.1, 0.15) is 0 Å². The second kappa shape index (κ2) is 4.49. The van der Waals surface area contributed by atoms with Crippen LogP contribution in [0.25, 0.3) is 11.1 Å². The van der Waals surface area contributed by atoms with Gasteiger partial charge in [0.2, 0.25) is 0 Å². The van der Waals surface area contributed by atoms with Gasteiger partial charge in [0.15, 0.2) is 0 Å². The molecule has 16 heavy (non-hydrogen) atoms. The summed E-state index contributed by atoms with van der Waals surface area (Å²) in [6, 6.07) is 8.47. The Hall–Kier alpha value is -1.61. The number of hydrogen-bond donors (Lipinski definition) is 1. The van der Waals surface area contributed by atoms with Crippen molar-refractivity contribution in [2.45, 2.75) is 13.3 Å². The first-order valence-corrected chi connectivity index (χ1v) is 5.50. The van der Waals surface area contributed by atoms with Gasteiger partial charge in [-0.3, -0.25) is 4.68 Å². The summed E-state index contributed by atoms with van der Waals surface area (Å²) in [5.41, 5.74) is 10.4. The zero-order valence-corrected chi connectivity index (χ0v) is 9.77. The molecule has 0 amide bonds. The Morgan fingerprint density at radius 2 is 2.19 bits per heavy atom. The Kier molecular flexibility index (Phi) is 3.06. The smallest absolute Gasteiger partial charge is 0.0715 e. The Bertz CT molecular complexity index is 486. The lowest BCUT2D eigenvalue weighted by Gasteiger charge is -2.02. The van der Waals surface area contributed by atoms with Gasteiger partial charge < -0.3 is 5.73 Å². The molecule has 0 saturated carbocycles. The molecule has 0 aliphatic rings. The highest BCUT2D eigenvalue weighted by molar-refractivity contribution is 5.66. The van der Waals surface area contributed by atoms with Gasteiger partial charge in [0, 0.05) is 25.2 Å². The monoisotopic (exact) mass is 215 g/mol.